The molecule has 0 unspecified atom stereocenters. The van der Waals surface area contributed by atoms with Crippen LogP contribution >= 0.6 is 15.9 Å². The number of ether oxygens (including phenoxy) is 2. The van der Waals surface area contributed by atoms with Gasteiger partial charge in [0.25, 0.3) is 5.91 Å². The second-order valence-electron chi connectivity index (χ2n) is 5.09. The number of halogens is 1. The van der Waals surface area contributed by atoms with E-state index in [1.807, 2.05) is 12.1 Å². The standard InChI is InChI=1S/C18H15BrN2O4/c1-23-14-7-12(8-15(24-2)17(14)19)18(22)21-13-5-3-11(4-6-13)16-9-20-10-25-16/h3-10H,1-2H3,(H,21,22). The fraction of sp³-hybridized carbons (Fsp3) is 0.111. The highest BCUT2D eigenvalue weighted by Gasteiger charge is 2.15. The highest BCUT2D eigenvalue weighted by atomic mass is 79.9. The average molecular weight is 403 g/mol. The molecule has 1 heterocycles. The van der Waals surface area contributed by atoms with Gasteiger partial charge in [0, 0.05) is 16.8 Å². The number of benzene rings is 2. The summed E-state index contributed by atoms with van der Waals surface area (Å²) in [5.41, 5.74) is 1.97. The van der Waals surface area contributed by atoms with Crippen molar-refractivity contribution in [3.63, 3.8) is 0 Å². The molecule has 0 radical (unpaired) electrons. The smallest absolute Gasteiger partial charge is 0.255 e. The molecule has 1 N–H and O–H groups in total. The zero-order valence-electron chi connectivity index (χ0n) is 13.6. The van der Waals surface area contributed by atoms with Crippen molar-refractivity contribution < 1.29 is 18.7 Å². The summed E-state index contributed by atoms with van der Waals surface area (Å²) in [5, 5.41) is 2.84. The van der Waals surface area contributed by atoms with Crippen LogP contribution in [0.5, 0.6) is 11.5 Å². The third kappa shape index (κ3) is 3.66. The molecule has 0 fully saturated rings. The summed E-state index contributed by atoms with van der Waals surface area (Å²) in [6, 6.07) is 10.6. The molecule has 1 amide bonds. The number of carbonyl (C=O) groups excluding carboxylic acids is 1. The number of hydrogen-bond donors (Lipinski definition) is 1. The molecule has 0 aliphatic carbocycles. The van der Waals surface area contributed by atoms with Gasteiger partial charge in [0.05, 0.1) is 20.4 Å². The van der Waals surface area contributed by atoms with Gasteiger partial charge in [-0.25, -0.2) is 4.98 Å². The highest BCUT2D eigenvalue weighted by Crippen LogP contribution is 2.35. The first-order chi connectivity index (χ1) is 12.1. The van der Waals surface area contributed by atoms with Crippen molar-refractivity contribution in [1.29, 1.82) is 0 Å². The van der Waals surface area contributed by atoms with Crippen molar-refractivity contribution in [2.75, 3.05) is 19.5 Å². The number of nitrogens with one attached hydrogen (secondary N) is 1. The summed E-state index contributed by atoms with van der Waals surface area (Å²) in [6.45, 7) is 0. The van der Waals surface area contributed by atoms with Crippen LogP contribution in [0.25, 0.3) is 11.3 Å². The van der Waals surface area contributed by atoms with Gasteiger partial charge in [-0.2, -0.15) is 0 Å². The lowest BCUT2D eigenvalue weighted by atomic mass is 10.1. The number of methoxy groups -OCH3 is 2. The van der Waals surface area contributed by atoms with Gasteiger partial charge in [-0.15, -0.1) is 0 Å². The number of nitrogens with zero attached hydrogens (tertiary/aromatic N) is 1. The summed E-state index contributed by atoms with van der Waals surface area (Å²) in [4.78, 5) is 16.4. The second-order valence-corrected chi connectivity index (χ2v) is 5.88. The molecular weight excluding hydrogens is 388 g/mol. The van der Waals surface area contributed by atoms with Crippen LogP contribution in [-0.4, -0.2) is 25.1 Å². The van der Waals surface area contributed by atoms with E-state index in [1.165, 1.54) is 20.6 Å². The Labute approximate surface area is 152 Å². The van der Waals surface area contributed by atoms with Gasteiger partial charge in [-0.3, -0.25) is 4.79 Å². The Kier molecular flexibility index (Phi) is 5.04. The zero-order valence-corrected chi connectivity index (χ0v) is 15.2. The molecule has 0 aliphatic heterocycles. The third-order valence-corrected chi connectivity index (χ3v) is 4.35. The van der Waals surface area contributed by atoms with Crippen LogP contribution in [0.1, 0.15) is 10.4 Å². The Morgan fingerprint density at radius 2 is 1.76 bits per heavy atom. The number of oxazole rings is 1. The SMILES string of the molecule is COc1cc(C(=O)Nc2ccc(-c3cnco3)cc2)cc(OC)c1Br. The molecule has 7 heteroatoms. The van der Waals surface area contributed by atoms with Crippen LogP contribution in [-0.2, 0) is 0 Å². The van der Waals surface area contributed by atoms with E-state index in [0.717, 1.165) is 5.56 Å². The van der Waals surface area contributed by atoms with E-state index in [2.05, 4.69) is 26.2 Å². The fourth-order valence-electron chi connectivity index (χ4n) is 2.28. The predicted molar refractivity (Wildman–Crippen MR) is 97.1 cm³/mol. The number of amides is 1. The molecule has 0 spiro atoms. The summed E-state index contributed by atoms with van der Waals surface area (Å²) in [6.07, 6.45) is 3.01. The molecule has 1 aromatic heterocycles. The van der Waals surface area contributed by atoms with Crippen molar-refractivity contribution in [1.82, 2.24) is 4.98 Å². The zero-order chi connectivity index (χ0) is 17.8. The molecule has 25 heavy (non-hydrogen) atoms. The minimum Gasteiger partial charge on any atom is -0.495 e. The third-order valence-electron chi connectivity index (χ3n) is 3.57. The fourth-order valence-corrected chi connectivity index (χ4v) is 2.83. The van der Waals surface area contributed by atoms with Gasteiger partial charge in [0.1, 0.15) is 16.0 Å². The number of carbonyl (C=O) groups is 1. The lowest BCUT2D eigenvalue weighted by molar-refractivity contribution is 0.102. The number of aromatic nitrogens is 1. The average Bonchev–Trinajstić information content (AvgIpc) is 3.17. The Morgan fingerprint density at radius 1 is 1.12 bits per heavy atom. The maximum Gasteiger partial charge on any atom is 0.255 e. The van der Waals surface area contributed by atoms with Crippen molar-refractivity contribution in [3.8, 4) is 22.8 Å². The Morgan fingerprint density at radius 3 is 2.28 bits per heavy atom. The van der Waals surface area contributed by atoms with Crippen molar-refractivity contribution in [3.05, 3.63) is 59.0 Å². The Hall–Kier alpha value is -2.80. The molecule has 0 saturated heterocycles. The molecular formula is C18H15BrN2O4. The minimum absolute atomic E-state index is 0.267. The number of rotatable bonds is 5. The van der Waals surface area contributed by atoms with E-state index in [4.69, 9.17) is 13.9 Å². The van der Waals surface area contributed by atoms with Crippen LogP contribution in [0, 0.1) is 0 Å². The largest absolute Gasteiger partial charge is 0.495 e. The van der Waals surface area contributed by atoms with Crippen LogP contribution < -0.4 is 14.8 Å². The van der Waals surface area contributed by atoms with E-state index in [9.17, 15) is 4.79 Å². The summed E-state index contributed by atoms with van der Waals surface area (Å²) < 4.78 is 16.4. The monoisotopic (exact) mass is 402 g/mol. The maximum absolute atomic E-state index is 12.5. The second kappa shape index (κ2) is 7.40. The minimum atomic E-state index is -0.267. The van der Waals surface area contributed by atoms with Crippen LogP contribution in [0.4, 0.5) is 5.69 Å². The summed E-state index contributed by atoms with van der Waals surface area (Å²) in [5.74, 6) is 1.44. The number of hydrogen-bond acceptors (Lipinski definition) is 5. The molecule has 0 aliphatic rings. The first kappa shape index (κ1) is 17.0. The summed E-state index contributed by atoms with van der Waals surface area (Å²) >= 11 is 3.38. The molecule has 0 atom stereocenters. The Balaban J connectivity index is 1.80. The van der Waals surface area contributed by atoms with Crippen LogP contribution in [0.15, 0.2) is 57.9 Å². The van der Waals surface area contributed by atoms with E-state index >= 15 is 0 Å². The molecule has 0 bridgehead atoms. The maximum atomic E-state index is 12.5. The molecule has 0 saturated carbocycles. The van der Waals surface area contributed by atoms with E-state index in [0.29, 0.717) is 33.0 Å². The van der Waals surface area contributed by atoms with Crippen molar-refractivity contribution in [2.45, 2.75) is 0 Å². The van der Waals surface area contributed by atoms with E-state index < -0.39 is 0 Å². The van der Waals surface area contributed by atoms with Crippen LogP contribution in [0.2, 0.25) is 0 Å². The molecule has 6 nitrogen and oxygen atoms in total. The van der Waals surface area contributed by atoms with Crippen molar-refractivity contribution >= 4 is 27.5 Å². The normalized spacial score (nSPS) is 10.4. The molecule has 3 aromatic rings. The predicted octanol–water partition coefficient (Wildman–Crippen LogP) is 4.37. The first-order valence-electron chi connectivity index (χ1n) is 7.34. The van der Waals surface area contributed by atoms with Gasteiger partial charge in [-0.1, -0.05) is 0 Å². The van der Waals surface area contributed by atoms with Gasteiger partial charge in [-0.05, 0) is 52.3 Å². The van der Waals surface area contributed by atoms with Gasteiger partial charge in [0.15, 0.2) is 12.2 Å². The lowest BCUT2D eigenvalue weighted by Crippen LogP contribution is -2.12. The quantitative estimate of drug-likeness (QED) is 0.685. The first-order valence-corrected chi connectivity index (χ1v) is 8.13. The molecule has 128 valence electrons. The van der Waals surface area contributed by atoms with E-state index in [1.54, 1.807) is 30.5 Å². The van der Waals surface area contributed by atoms with Crippen LogP contribution in [0.3, 0.4) is 0 Å². The van der Waals surface area contributed by atoms with Gasteiger partial charge < -0.3 is 19.2 Å². The molecule has 3 rings (SSSR count). The highest BCUT2D eigenvalue weighted by molar-refractivity contribution is 9.10. The lowest BCUT2D eigenvalue weighted by Gasteiger charge is -2.12. The van der Waals surface area contributed by atoms with Crippen molar-refractivity contribution in [2.24, 2.45) is 0 Å². The van der Waals surface area contributed by atoms with Gasteiger partial charge >= 0.3 is 0 Å². The topological polar surface area (TPSA) is 73.6 Å². The van der Waals surface area contributed by atoms with Gasteiger partial charge in [0.2, 0.25) is 0 Å². The number of anilines is 1. The Bertz CT molecular complexity index is 852. The summed E-state index contributed by atoms with van der Waals surface area (Å²) in [7, 11) is 3.06. The molecule has 2 aromatic carbocycles. The van der Waals surface area contributed by atoms with E-state index in [-0.39, 0.29) is 5.91 Å².